The molecule has 0 aliphatic rings. The molecule has 0 amide bonds. The van der Waals surface area contributed by atoms with Crippen LogP contribution in [-0.2, 0) is 26.5 Å². The number of hydrogen-bond donors (Lipinski definition) is 0. The molecule has 101 valence electrons. The Bertz CT molecular complexity index is 124. The summed E-state index contributed by atoms with van der Waals surface area (Å²) in [4.78, 5) is 0. The summed E-state index contributed by atoms with van der Waals surface area (Å²) in [6.45, 7) is 4.69. The number of ether oxygens (including phenoxy) is 4. The lowest BCUT2D eigenvalue weighted by atomic mass is 10.7. The van der Waals surface area contributed by atoms with Crippen molar-refractivity contribution in [3.8, 4) is 0 Å². The molecule has 0 heterocycles. The first-order valence-electron chi connectivity index (χ1n) is 5.60. The van der Waals surface area contributed by atoms with E-state index in [1.54, 1.807) is 14.2 Å². The lowest BCUT2D eigenvalue weighted by Gasteiger charge is -2.06. The maximum absolute atomic E-state index is 5.26. The highest BCUT2D eigenvalue weighted by Gasteiger charge is 1.97. The van der Waals surface area contributed by atoms with Crippen molar-refractivity contribution in [1.82, 2.24) is 0 Å². The minimum absolute atomic E-state index is 0.428. The second-order valence-corrected chi connectivity index (χ2v) is 3.91. The van der Waals surface area contributed by atoms with E-state index in [0.29, 0.717) is 52.9 Å². The summed E-state index contributed by atoms with van der Waals surface area (Å²) in [7, 11) is 3.29. The maximum Gasteiger partial charge on any atom is 0.668 e. The summed E-state index contributed by atoms with van der Waals surface area (Å²) in [5.74, 6) is 0. The summed E-state index contributed by atoms with van der Waals surface area (Å²) in [5, 5.41) is 0. The SMILES string of the molecule is COCCOCC[O][Al][O]CCOCCOC. The van der Waals surface area contributed by atoms with Gasteiger partial charge in [-0.2, -0.15) is 0 Å². The van der Waals surface area contributed by atoms with E-state index in [1.807, 2.05) is 0 Å². The highest BCUT2D eigenvalue weighted by Crippen LogP contribution is 1.81. The smallest absolute Gasteiger partial charge is 0.482 e. The average Bonchev–Trinajstić information content (AvgIpc) is 2.35. The van der Waals surface area contributed by atoms with Gasteiger partial charge in [0, 0.05) is 27.4 Å². The standard InChI is InChI=1S/2C5H11O3.Al/c2*1-7-4-5-8-3-2-6;/h2*2-5H2,1H3;/q2*-1;+2. The fraction of sp³-hybridized carbons (Fsp3) is 1.00. The van der Waals surface area contributed by atoms with Crippen molar-refractivity contribution in [2.45, 2.75) is 0 Å². The van der Waals surface area contributed by atoms with Gasteiger partial charge in [0.25, 0.3) is 0 Å². The lowest BCUT2D eigenvalue weighted by Crippen LogP contribution is -2.15. The largest absolute Gasteiger partial charge is 0.668 e. The van der Waals surface area contributed by atoms with Crippen molar-refractivity contribution in [1.29, 1.82) is 0 Å². The van der Waals surface area contributed by atoms with Crippen LogP contribution < -0.4 is 0 Å². The highest BCUT2D eigenvalue weighted by atomic mass is 27.2. The van der Waals surface area contributed by atoms with Gasteiger partial charge in [0.2, 0.25) is 0 Å². The zero-order valence-electron chi connectivity index (χ0n) is 10.7. The van der Waals surface area contributed by atoms with Gasteiger partial charge in [0.15, 0.2) is 0 Å². The van der Waals surface area contributed by atoms with E-state index < -0.39 is 15.9 Å². The first kappa shape index (κ1) is 17.3. The Morgan fingerprint density at radius 2 is 1.00 bits per heavy atom. The molecule has 0 saturated carbocycles. The Morgan fingerprint density at radius 1 is 0.588 bits per heavy atom. The molecule has 0 unspecified atom stereocenters. The van der Waals surface area contributed by atoms with Gasteiger partial charge < -0.3 is 26.5 Å². The molecular formula is C10H22AlO6. The average molecular weight is 265 g/mol. The molecule has 7 heteroatoms. The van der Waals surface area contributed by atoms with E-state index in [1.165, 1.54) is 0 Å². The van der Waals surface area contributed by atoms with Gasteiger partial charge in [0.05, 0.1) is 39.6 Å². The minimum atomic E-state index is -0.428. The maximum atomic E-state index is 5.26. The van der Waals surface area contributed by atoms with Crippen molar-refractivity contribution in [3.63, 3.8) is 0 Å². The molecule has 0 bridgehead atoms. The van der Waals surface area contributed by atoms with Crippen LogP contribution >= 0.6 is 0 Å². The Hall–Kier alpha value is 0.292. The molecule has 0 aliphatic carbocycles. The van der Waals surface area contributed by atoms with Crippen LogP contribution in [0.4, 0.5) is 0 Å². The normalized spacial score (nSPS) is 10.7. The molecule has 0 spiro atoms. The van der Waals surface area contributed by atoms with Crippen LogP contribution in [0.1, 0.15) is 0 Å². The summed E-state index contributed by atoms with van der Waals surface area (Å²) in [5.41, 5.74) is 0. The van der Waals surface area contributed by atoms with Crippen molar-refractivity contribution < 1.29 is 26.5 Å². The molecule has 0 saturated heterocycles. The molecule has 0 aliphatic heterocycles. The van der Waals surface area contributed by atoms with Gasteiger partial charge in [-0.15, -0.1) is 0 Å². The monoisotopic (exact) mass is 265 g/mol. The van der Waals surface area contributed by atoms with E-state index in [4.69, 9.17) is 26.5 Å². The molecule has 0 fully saturated rings. The van der Waals surface area contributed by atoms with E-state index in [2.05, 4.69) is 0 Å². The molecule has 0 N–H and O–H groups in total. The van der Waals surface area contributed by atoms with E-state index in [9.17, 15) is 0 Å². The van der Waals surface area contributed by atoms with Gasteiger partial charge in [0.1, 0.15) is 0 Å². The zero-order valence-corrected chi connectivity index (χ0v) is 11.8. The predicted molar refractivity (Wildman–Crippen MR) is 63.0 cm³/mol. The Balaban J connectivity index is 2.85. The fourth-order valence-electron chi connectivity index (χ4n) is 0.847. The Kier molecular flexibility index (Phi) is 16.6. The third kappa shape index (κ3) is 16.3. The van der Waals surface area contributed by atoms with Crippen LogP contribution in [0, 0.1) is 0 Å². The molecule has 0 aromatic rings. The fourth-order valence-corrected chi connectivity index (χ4v) is 1.33. The van der Waals surface area contributed by atoms with Crippen molar-refractivity contribution >= 4 is 15.9 Å². The third-order valence-electron chi connectivity index (χ3n) is 1.69. The van der Waals surface area contributed by atoms with Crippen molar-refractivity contribution in [3.05, 3.63) is 0 Å². The van der Waals surface area contributed by atoms with E-state index in [0.717, 1.165) is 0 Å². The highest BCUT2D eigenvalue weighted by molar-refractivity contribution is 6.17. The molecule has 1 radical (unpaired) electrons. The third-order valence-corrected chi connectivity index (χ3v) is 2.43. The minimum Gasteiger partial charge on any atom is -0.482 e. The Morgan fingerprint density at radius 3 is 1.41 bits per heavy atom. The van der Waals surface area contributed by atoms with Crippen LogP contribution in [0.2, 0.25) is 0 Å². The molecule has 6 nitrogen and oxygen atoms in total. The second kappa shape index (κ2) is 16.3. The number of methoxy groups -OCH3 is 2. The topological polar surface area (TPSA) is 55.4 Å². The van der Waals surface area contributed by atoms with Crippen molar-refractivity contribution in [2.24, 2.45) is 0 Å². The van der Waals surface area contributed by atoms with Crippen LogP contribution in [0.3, 0.4) is 0 Å². The van der Waals surface area contributed by atoms with Gasteiger partial charge in [-0.25, -0.2) is 0 Å². The number of hydrogen-bond acceptors (Lipinski definition) is 6. The van der Waals surface area contributed by atoms with Gasteiger partial charge in [-0.3, -0.25) is 0 Å². The van der Waals surface area contributed by atoms with Crippen LogP contribution in [0.15, 0.2) is 0 Å². The molecular weight excluding hydrogens is 243 g/mol. The van der Waals surface area contributed by atoms with Crippen LogP contribution in [-0.4, -0.2) is 83.0 Å². The number of rotatable bonds is 14. The van der Waals surface area contributed by atoms with E-state index in [-0.39, 0.29) is 0 Å². The molecule has 0 aromatic heterocycles. The first-order valence-corrected chi connectivity index (χ1v) is 6.54. The molecule has 0 rings (SSSR count). The molecule has 0 atom stereocenters. The molecule has 0 aromatic carbocycles. The second-order valence-electron chi connectivity index (χ2n) is 3.05. The predicted octanol–water partition coefficient (Wildman–Crippen LogP) is -0.120. The summed E-state index contributed by atoms with van der Waals surface area (Å²) in [6.07, 6.45) is 0. The van der Waals surface area contributed by atoms with E-state index >= 15 is 0 Å². The zero-order chi connectivity index (χ0) is 12.6. The van der Waals surface area contributed by atoms with Gasteiger partial charge in [-0.05, 0) is 0 Å². The summed E-state index contributed by atoms with van der Waals surface area (Å²) in [6, 6.07) is 0. The van der Waals surface area contributed by atoms with Gasteiger partial charge >= 0.3 is 15.9 Å². The van der Waals surface area contributed by atoms with Crippen molar-refractivity contribution in [2.75, 3.05) is 67.1 Å². The Labute approximate surface area is 110 Å². The van der Waals surface area contributed by atoms with Crippen LogP contribution in [0.5, 0.6) is 0 Å². The van der Waals surface area contributed by atoms with Gasteiger partial charge in [-0.1, -0.05) is 0 Å². The van der Waals surface area contributed by atoms with Crippen LogP contribution in [0.25, 0.3) is 0 Å². The molecule has 17 heavy (non-hydrogen) atoms. The summed E-state index contributed by atoms with van der Waals surface area (Å²) < 4.78 is 30.6. The quantitative estimate of drug-likeness (QED) is 0.322. The first-order chi connectivity index (χ1) is 8.41. The summed E-state index contributed by atoms with van der Waals surface area (Å²) >= 11 is -0.428. The lowest BCUT2D eigenvalue weighted by molar-refractivity contribution is 0.0410.